The Balaban J connectivity index is 1.55. The number of amides is 1. The van der Waals surface area contributed by atoms with Crippen molar-refractivity contribution in [3.63, 3.8) is 0 Å². The summed E-state index contributed by atoms with van der Waals surface area (Å²) in [5.41, 5.74) is 7.15. The molecule has 3 N–H and O–H groups in total. The maximum atomic E-state index is 12.1. The SMILES string of the molecule is N[C@@H]1CCC[C@H]1CC(=O)Nc1ncc(Cc2cccc(Cl)c2)s1. The molecule has 2 atom stereocenters. The van der Waals surface area contributed by atoms with Crippen LogP contribution in [0.2, 0.25) is 5.02 Å². The topological polar surface area (TPSA) is 68.0 Å². The quantitative estimate of drug-likeness (QED) is 0.861. The molecule has 6 heteroatoms. The number of nitrogens with two attached hydrogens (primary N) is 1. The van der Waals surface area contributed by atoms with Gasteiger partial charge in [-0.15, -0.1) is 11.3 Å². The number of rotatable bonds is 5. The lowest BCUT2D eigenvalue weighted by Gasteiger charge is -2.13. The Morgan fingerprint density at radius 2 is 2.30 bits per heavy atom. The highest BCUT2D eigenvalue weighted by Crippen LogP contribution is 2.28. The third-order valence-corrected chi connectivity index (χ3v) is 5.38. The molecule has 4 nitrogen and oxygen atoms in total. The Morgan fingerprint density at radius 3 is 3.04 bits per heavy atom. The van der Waals surface area contributed by atoms with Gasteiger partial charge in [0.25, 0.3) is 0 Å². The molecule has 1 aliphatic rings. The van der Waals surface area contributed by atoms with E-state index in [1.54, 1.807) is 0 Å². The monoisotopic (exact) mass is 349 g/mol. The molecular weight excluding hydrogens is 330 g/mol. The van der Waals surface area contributed by atoms with Crippen LogP contribution in [0.5, 0.6) is 0 Å². The molecule has 1 heterocycles. The molecule has 1 aliphatic carbocycles. The van der Waals surface area contributed by atoms with E-state index < -0.39 is 0 Å². The molecule has 1 amide bonds. The summed E-state index contributed by atoms with van der Waals surface area (Å²) in [7, 11) is 0. The first-order chi connectivity index (χ1) is 11.1. The normalized spacial score (nSPS) is 20.6. The number of nitrogens with zero attached hydrogens (tertiary/aromatic N) is 1. The average molecular weight is 350 g/mol. The number of nitrogens with one attached hydrogen (secondary N) is 1. The zero-order valence-corrected chi connectivity index (χ0v) is 14.4. The fourth-order valence-electron chi connectivity index (χ4n) is 3.02. The van der Waals surface area contributed by atoms with Gasteiger partial charge >= 0.3 is 0 Å². The molecule has 0 saturated heterocycles. The fourth-order valence-corrected chi connectivity index (χ4v) is 4.10. The summed E-state index contributed by atoms with van der Waals surface area (Å²) in [4.78, 5) is 17.5. The van der Waals surface area contributed by atoms with Crippen molar-refractivity contribution in [2.75, 3.05) is 5.32 Å². The molecule has 0 bridgehead atoms. The molecule has 1 aromatic heterocycles. The number of anilines is 1. The van der Waals surface area contributed by atoms with Crippen LogP contribution in [0.4, 0.5) is 5.13 Å². The van der Waals surface area contributed by atoms with Crippen LogP contribution in [0.25, 0.3) is 0 Å². The van der Waals surface area contributed by atoms with Gasteiger partial charge in [0.05, 0.1) is 0 Å². The third-order valence-electron chi connectivity index (χ3n) is 4.23. The zero-order chi connectivity index (χ0) is 16.2. The lowest BCUT2D eigenvalue weighted by molar-refractivity contribution is -0.117. The fraction of sp³-hybridized carbons (Fsp3) is 0.412. The van der Waals surface area contributed by atoms with E-state index in [2.05, 4.69) is 10.3 Å². The Hall–Kier alpha value is -1.43. The van der Waals surface area contributed by atoms with E-state index in [1.165, 1.54) is 11.3 Å². The summed E-state index contributed by atoms with van der Waals surface area (Å²) >= 11 is 7.50. The smallest absolute Gasteiger partial charge is 0.226 e. The first-order valence-corrected chi connectivity index (χ1v) is 9.04. The number of carbonyl (C=O) groups is 1. The molecule has 1 aromatic carbocycles. The lowest BCUT2D eigenvalue weighted by Crippen LogP contribution is -2.28. The molecule has 2 aromatic rings. The predicted molar refractivity (Wildman–Crippen MR) is 94.9 cm³/mol. The van der Waals surface area contributed by atoms with Crippen LogP contribution in [0.1, 0.15) is 36.1 Å². The zero-order valence-electron chi connectivity index (χ0n) is 12.8. The van der Waals surface area contributed by atoms with Crippen molar-refractivity contribution in [2.24, 2.45) is 11.7 Å². The maximum Gasteiger partial charge on any atom is 0.226 e. The Kier molecular flexibility index (Phi) is 5.30. The molecule has 1 fully saturated rings. The summed E-state index contributed by atoms with van der Waals surface area (Å²) in [6.07, 6.45) is 6.26. The first kappa shape index (κ1) is 16.4. The highest BCUT2D eigenvalue weighted by Gasteiger charge is 2.26. The Morgan fingerprint density at radius 1 is 1.43 bits per heavy atom. The standard InChI is InChI=1S/C17H20ClN3OS/c18-13-5-1-3-11(7-13)8-14-10-20-17(23-14)21-16(22)9-12-4-2-6-15(12)19/h1,3,5,7,10,12,15H,2,4,6,8-9,19H2,(H,20,21,22)/t12-,15+/m0/s1. The van der Waals surface area contributed by atoms with Crippen molar-refractivity contribution >= 4 is 34.0 Å². The van der Waals surface area contributed by atoms with E-state index in [0.717, 1.165) is 41.1 Å². The van der Waals surface area contributed by atoms with Gasteiger partial charge in [0.15, 0.2) is 5.13 Å². The highest BCUT2D eigenvalue weighted by molar-refractivity contribution is 7.15. The second-order valence-corrected chi connectivity index (χ2v) is 7.60. The van der Waals surface area contributed by atoms with Crippen LogP contribution in [0, 0.1) is 5.92 Å². The van der Waals surface area contributed by atoms with E-state index in [1.807, 2.05) is 30.5 Å². The number of aromatic nitrogens is 1. The summed E-state index contributed by atoms with van der Waals surface area (Å²) < 4.78 is 0. The van der Waals surface area contributed by atoms with Crippen molar-refractivity contribution in [2.45, 2.75) is 38.1 Å². The van der Waals surface area contributed by atoms with Crippen LogP contribution in [0.3, 0.4) is 0 Å². The molecule has 0 radical (unpaired) electrons. The van der Waals surface area contributed by atoms with E-state index >= 15 is 0 Å². The van der Waals surface area contributed by atoms with Crippen LogP contribution >= 0.6 is 22.9 Å². The van der Waals surface area contributed by atoms with E-state index in [-0.39, 0.29) is 11.9 Å². The van der Waals surface area contributed by atoms with Crippen LogP contribution < -0.4 is 11.1 Å². The molecular formula is C17H20ClN3OS. The summed E-state index contributed by atoms with van der Waals surface area (Å²) in [6, 6.07) is 7.94. The maximum absolute atomic E-state index is 12.1. The number of hydrogen-bond donors (Lipinski definition) is 2. The summed E-state index contributed by atoms with van der Waals surface area (Å²) in [5, 5.41) is 4.28. The van der Waals surface area contributed by atoms with Gasteiger partial charge in [-0.25, -0.2) is 4.98 Å². The number of benzene rings is 1. The molecule has 3 rings (SSSR count). The van der Waals surface area contributed by atoms with Gasteiger partial charge in [0.1, 0.15) is 0 Å². The van der Waals surface area contributed by atoms with Gasteiger partial charge in [0.2, 0.25) is 5.91 Å². The van der Waals surface area contributed by atoms with Gasteiger partial charge in [-0.3, -0.25) is 4.79 Å². The van der Waals surface area contributed by atoms with Gasteiger partial charge in [0, 0.05) is 35.0 Å². The molecule has 122 valence electrons. The van der Waals surface area contributed by atoms with Crippen LogP contribution in [-0.2, 0) is 11.2 Å². The van der Waals surface area contributed by atoms with Gasteiger partial charge in [-0.05, 0) is 36.5 Å². The van der Waals surface area contributed by atoms with Crippen LogP contribution in [0.15, 0.2) is 30.5 Å². The number of halogens is 1. The number of thiazole rings is 1. The third kappa shape index (κ3) is 4.53. The van der Waals surface area contributed by atoms with Crippen molar-refractivity contribution < 1.29 is 4.79 Å². The number of hydrogen-bond acceptors (Lipinski definition) is 4. The number of carbonyl (C=O) groups excluding carboxylic acids is 1. The molecule has 0 aliphatic heterocycles. The largest absolute Gasteiger partial charge is 0.327 e. The van der Waals surface area contributed by atoms with Crippen molar-refractivity contribution in [3.05, 3.63) is 45.9 Å². The van der Waals surface area contributed by atoms with Gasteiger partial charge < -0.3 is 11.1 Å². The van der Waals surface area contributed by atoms with Crippen molar-refractivity contribution in [1.82, 2.24) is 4.98 Å². The van der Waals surface area contributed by atoms with E-state index in [0.29, 0.717) is 17.5 Å². The minimum absolute atomic E-state index is 0.0102. The minimum atomic E-state index is 0.0102. The average Bonchev–Trinajstić information content (AvgIpc) is 3.09. The second-order valence-electron chi connectivity index (χ2n) is 6.05. The van der Waals surface area contributed by atoms with E-state index in [4.69, 9.17) is 17.3 Å². The highest BCUT2D eigenvalue weighted by atomic mass is 35.5. The van der Waals surface area contributed by atoms with Crippen molar-refractivity contribution in [3.8, 4) is 0 Å². The van der Waals surface area contributed by atoms with Gasteiger partial charge in [-0.1, -0.05) is 30.2 Å². The second kappa shape index (κ2) is 7.43. The van der Waals surface area contributed by atoms with Gasteiger partial charge in [-0.2, -0.15) is 0 Å². The summed E-state index contributed by atoms with van der Waals surface area (Å²) in [6.45, 7) is 0. The first-order valence-electron chi connectivity index (χ1n) is 7.85. The molecule has 23 heavy (non-hydrogen) atoms. The van der Waals surface area contributed by atoms with E-state index in [9.17, 15) is 4.79 Å². The molecule has 0 unspecified atom stereocenters. The predicted octanol–water partition coefficient (Wildman–Crippen LogP) is 3.84. The molecule has 1 saturated carbocycles. The van der Waals surface area contributed by atoms with Crippen LogP contribution in [-0.4, -0.2) is 16.9 Å². The Labute approximate surface area is 145 Å². The lowest BCUT2D eigenvalue weighted by atomic mass is 10.00. The Bertz CT molecular complexity index is 688. The van der Waals surface area contributed by atoms with Crippen molar-refractivity contribution in [1.29, 1.82) is 0 Å². The summed E-state index contributed by atoms with van der Waals surface area (Å²) in [5.74, 6) is 0.317. The minimum Gasteiger partial charge on any atom is -0.327 e. The molecule has 0 spiro atoms.